The Morgan fingerprint density at radius 2 is 1.53 bits per heavy atom. The molecule has 3 N–H and O–H groups in total. The summed E-state index contributed by atoms with van der Waals surface area (Å²) in [6, 6.07) is 11.7. The van der Waals surface area contributed by atoms with E-state index >= 15 is 0 Å². The second-order valence-electron chi connectivity index (χ2n) is 6.57. The minimum Gasteiger partial charge on any atom is -0.340 e. The van der Waals surface area contributed by atoms with Crippen molar-refractivity contribution in [2.75, 3.05) is 16.0 Å². The average molecular weight is 416 g/mol. The molecule has 10 heteroatoms. The van der Waals surface area contributed by atoms with Gasteiger partial charge in [-0.05, 0) is 55.8 Å². The molecule has 2 aromatic heterocycles. The van der Waals surface area contributed by atoms with Gasteiger partial charge in [0.1, 0.15) is 29.7 Å². The van der Waals surface area contributed by atoms with Gasteiger partial charge in [0.2, 0.25) is 5.91 Å². The standard InChI is InChI=1S/C20H19F3N6O/c1-12-7-8-24-16(9-12)29-18-10-17(25-13(2)26-18)27-14-3-5-15(6-4-14)28-19(30)11-20(21,22)23/h3-10H,11H2,1-2H3,(H,28,30)(H2,24,25,26,27,29). The SMILES string of the molecule is Cc1ccnc(Nc2cc(Nc3ccc(NC(=O)CC(F)(F)F)cc3)nc(C)n2)c1. The minimum absolute atomic E-state index is 0.265. The molecule has 1 amide bonds. The van der Waals surface area contributed by atoms with Gasteiger partial charge in [0.25, 0.3) is 0 Å². The van der Waals surface area contributed by atoms with Crippen LogP contribution in [0.15, 0.2) is 48.7 Å². The van der Waals surface area contributed by atoms with Gasteiger partial charge in [0.05, 0.1) is 0 Å². The number of carbonyl (C=O) groups excluding carboxylic acids is 1. The number of hydrogen-bond donors (Lipinski definition) is 3. The molecule has 0 saturated carbocycles. The molecule has 0 radical (unpaired) electrons. The van der Waals surface area contributed by atoms with E-state index in [4.69, 9.17) is 0 Å². The summed E-state index contributed by atoms with van der Waals surface area (Å²) in [6.07, 6.45) is -4.38. The summed E-state index contributed by atoms with van der Waals surface area (Å²) < 4.78 is 36.7. The van der Waals surface area contributed by atoms with Gasteiger partial charge in [-0.25, -0.2) is 15.0 Å². The Labute approximate surface area is 170 Å². The Morgan fingerprint density at radius 1 is 0.900 bits per heavy atom. The van der Waals surface area contributed by atoms with Gasteiger partial charge in [-0.15, -0.1) is 0 Å². The Bertz CT molecular complexity index is 1040. The lowest BCUT2D eigenvalue weighted by Gasteiger charge is -2.11. The van der Waals surface area contributed by atoms with Crippen LogP contribution in [0.3, 0.4) is 0 Å². The van der Waals surface area contributed by atoms with Crippen LogP contribution in [-0.4, -0.2) is 27.0 Å². The Hall–Kier alpha value is -3.69. The zero-order valence-corrected chi connectivity index (χ0v) is 16.2. The average Bonchev–Trinajstić information content (AvgIpc) is 2.61. The molecule has 30 heavy (non-hydrogen) atoms. The van der Waals surface area contributed by atoms with Gasteiger partial charge < -0.3 is 16.0 Å². The lowest BCUT2D eigenvalue weighted by molar-refractivity contribution is -0.150. The van der Waals surface area contributed by atoms with Crippen LogP contribution < -0.4 is 16.0 Å². The number of aryl methyl sites for hydroxylation is 2. The predicted molar refractivity (Wildman–Crippen MR) is 108 cm³/mol. The van der Waals surface area contributed by atoms with Crippen molar-refractivity contribution in [1.29, 1.82) is 0 Å². The van der Waals surface area contributed by atoms with E-state index in [1.54, 1.807) is 31.3 Å². The largest absolute Gasteiger partial charge is 0.397 e. The van der Waals surface area contributed by atoms with Crippen molar-refractivity contribution in [3.63, 3.8) is 0 Å². The van der Waals surface area contributed by atoms with Gasteiger partial charge in [-0.1, -0.05) is 0 Å². The van der Waals surface area contributed by atoms with Crippen molar-refractivity contribution in [3.05, 3.63) is 60.0 Å². The first-order chi connectivity index (χ1) is 14.2. The van der Waals surface area contributed by atoms with Crippen LogP contribution in [0.1, 0.15) is 17.8 Å². The maximum absolute atomic E-state index is 12.2. The summed E-state index contributed by atoms with van der Waals surface area (Å²) in [5.74, 6) is 1.14. The molecule has 0 atom stereocenters. The van der Waals surface area contributed by atoms with Crippen LogP contribution in [-0.2, 0) is 4.79 Å². The molecule has 3 rings (SSSR count). The molecule has 0 saturated heterocycles. The first-order valence-electron chi connectivity index (χ1n) is 8.95. The van der Waals surface area contributed by atoms with Gasteiger partial charge in [0, 0.05) is 23.6 Å². The number of amides is 1. The number of rotatable bonds is 6. The molecule has 7 nitrogen and oxygen atoms in total. The number of hydrogen-bond acceptors (Lipinski definition) is 6. The van der Waals surface area contributed by atoms with Crippen molar-refractivity contribution in [3.8, 4) is 0 Å². The van der Waals surface area contributed by atoms with E-state index in [2.05, 4.69) is 30.9 Å². The Morgan fingerprint density at radius 3 is 2.17 bits per heavy atom. The molecule has 0 aliphatic rings. The molecular formula is C20H19F3N6O. The molecule has 0 aliphatic heterocycles. The monoisotopic (exact) mass is 416 g/mol. The molecule has 0 aliphatic carbocycles. The quantitative estimate of drug-likeness (QED) is 0.531. The number of aromatic nitrogens is 3. The summed E-state index contributed by atoms with van der Waals surface area (Å²) in [5, 5.41) is 8.43. The highest BCUT2D eigenvalue weighted by Gasteiger charge is 2.31. The number of pyridine rings is 1. The first kappa shape index (κ1) is 21.0. The van der Waals surface area contributed by atoms with Gasteiger partial charge >= 0.3 is 6.18 Å². The Balaban J connectivity index is 1.67. The highest BCUT2D eigenvalue weighted by atomic mass is 19.4. The molecule has 3 aromatic rings. The third kappa shape index (κ3) is 6.43. The molecular weight excluding hydrogens is 397 g/mol. The fraction of sp³-hybridized carbons (Fsp3) is 0.200. The van der Waals surface area contributed by atoms with Crippen LogP contribution in [0.25, 0.3) is 0 Å². The normalized spacial score (nSPS) is 11.1. The number of halogens is 3. The third-order valence-electron chi connectivity index (χ3n) is 3.81. The predicted octanol–water partition coefficient (Wildman–Crippen LogP) is 4.87. The van der Waals surface area contributed by atoms with E-state index < -0.39 is 18.5 Å². The minimum atomic E-state index is -4.55. The molecule has 0 unspecified atom stereocenters. The van der Waals surface area contributed by atoms with Crippen LogP contribution in [0.4, 0.5) is 42.0 Å². The maximum atomic E-state index is 12.2. The molecule has 0 bridgehead atoms. The van der Waals surface area contributed by atoms with E-state index in [0.717, 1.165) is 5.56 Å². The van der Waals surface area contributed by atoms with Gasteiger partial charge in [-0.2, -0.15) is 13.2 Å². The van der Waals surface area contributed by atoms with Crippen molar-refractivity contribution < 1.29 is 18.0 Å². The number of alkyl halides is 3. The molecule has 1 aromatic carbocycles. The summed E-state index contributed by atoms with van der Waals surface area (Å²) >= 11 is 0. The molecule has 156 valence electrons. The lowest BCUT2D eigenvalue weighted by Crippen LogP contribution is -2.21. The van der Waals surface area contributed by atoms with Crippen molar-refractivity contribution in [2.24, 2.45) is 0 Å². The zero-order valence-electron chi connectivity index (χ0n) is 16.2. The first-order valence-corrected chi connectivity index (χ1v) is 8.95. The number of nitrogens with zero attached hydrogens (tertiary/aromatic N) is 3. The smallest absolute Gasteiger partial charge is 0.340 e. The zero-order chi connectivity index (χ0) is 21.7. The van der Waals surface area contributed by atoms with Crippen LogP contribution in [0.2, 0.25) is 0 Å². The van der Waals surface area contributed by atoms with E-state index in [1.807, 2.05) is 19.1 Å². The van der Waals surface area contributed by atoms with E-state index in [1.165, 1.54) is 12.1 Å². The summed E-state index contributed by atoms with van der Waals surface area (Å²) in [7, 11) is 0. The van der Waals surface area contributed by atoms with Crippen molar-refractivity contribution in [1.82, 2.24) is 15.0 Å². The van der Waals surface area contributed by atoms with Crippen LogP contribution in [0.5, 0.6) is 0 Å². The number of carbonyl (C=O) groups is 1. The maximum Gasteiger partial charge on any atom is 0.397 e. The lowest BCUT2D eigenvalue weighted by atomic mass is 10.2. The Kier molecular flexibility index (Phi) is 6.14. The topological polar surface area (TPSA) is 91.8 Å². The second-order valence-corrected chi connectivity index (χ2v) is 6.57. The van der Waals surface area contributed by atoms with Crippen LogP contribution >= 0.6 is 0 Å². The summed E-state index contributed by atoms with van der Waals surface area (Å²) in [4.78, 5) is 24.3. The molecule has 0 spiro atoms. The third-order valence-corrected chi connectivity index (χ3v) is 3.81. The number of anilines is 5. The highest BCUT2D eigenvalue weighted by Crippen LogP contribution is 2.23. The van der Waals surface area contributed by atoms with E-state index in [9.17, 15) is 18.0 Å². The molecule has 2 heterocycles. The number of benzene rings is 1. The second kappa shape index (κ2) is 8.76. The summed E-state index contributed by atoms with van der Waals surface area (Å²) in [6.45, 7) is 3.71. The van der Waals surface area contributed by atoms with Crippen LogP contribution in [0, 0.1) is 13.8 Å². The van der Waals surface area contributed by atoms with Gasteiger partial charge in [-0.3, -0.25) is 4.79 Å². The fourth-order valence-corrected chi connectivity index (χ4v) is 2.60. The van der Waals surface area contributed by atoms with Crippen molar-refractivity contribution >= 4 is 34.7 Å². The molecule has 0 fully saturated rings. The van der Waals surface area contributed by atoms with Crippen molar-refractivity contribution in [2.45, 2.75) is 26.4 Å². The van der Waals surface area contributed by atoms with E-state index in [-0.39, 0.29) is 5.69 Å². The highest BCUT2D eigenvalue weighted by molar-refractivity contribution is 5.91. The fourth-order valence-electron chi connectivity index (χ4n) is 2.60. The van der Waals surface area contributed by atoms with E-state index in [0.29, 0.717) is 29.0 Å². The number of nitrogens with one attached hydrogen (secondary N) is 3. The van der Waals surface area contributed by atoms with Gasteiger partial charge in [0.15, 0.2) is 0 Å². The summed E-state index contributed by atoms with van der Waals surface area (Å²) in [5.41, 5.74) is 1.96.